The molecule has 0 radical (unpaired) electrons. The van der Waals surface area contributed by atoms with Crippen LogP contribution in [0.3, 0.4) is 0 Å². The van der Waals surface area contributed by atoms with Gasteiger partial charge in [-0.3, -0.25) is 4.98 Å². The normalized spacial score (nSPS) is 12.9. The predicted octanol–water partition coefficient (Wildman–Crippen LogP) is 6.90. The fourth-order valence-electron chi connectivity index (χ4n) is 3.95. The van der Waals surface area contributed by atoms with Gasteiger partial charge in [-0.25, -0.2) is 0 Å². The number of aromatic nitrogens is 1. The molecule has 5 rings (SSSR count). The van der Waals surface area contributed by atoms with Crippen molar-refractivity contribution in [3.8, 4) is 22.4 Å². The first-order valence-corrected chi connectivity index (χ1v) is 9.79. The number of hydrogen-bond acceptors (Lipinski definition) is 1. The number of hydrogen-bond donors (Lipinski definition) is 0. The number of allylic oxidation sites excluding steroid dienone is 1. The number of aryl methyl sites for hydroxylation is 1. The highest BCUT2D eigenvalue weighted by Gasteiger charge is 2.19. The van der Waals surface area contributed by atoms with E-state index < -0.39 is 0 Å². The molecule has 0 amide bonds. The maximum Gasteiger partial charge on any atom is 0.0711 e. The van der Waals surface area contributed by atoms with E-state index in [1.165, 1.54) is 39.1 Å². The summed E-state index contributed by atoms with van der Waals surface area (Å²) in [5, 5.41) is 0. The smallest absolute Gasteiger partial charge is 0.0711 e. The number of rotatable bonds is 3. The lowest BCUT2D eigenvalue weighted by molar-refractivity contribution is 0.943. The van der Waals surface area contributed by atoms with Gasteiger partial charge < -0.3 is 0 Å². The van der Waals surface area contributed by atoms with Gasteiger partial charge in [-0.1, -0.05) is 91.0 Å². The standard InChI is InChI=1S/C27H21N/c1-4-10-20(11-5-1)23-16-17-26-25(18-23)24(21-12-6-2-7-13-21)19-27(28-26)22-14-8-3-9-15-22/h1-15,18-19H,16-17H2. The minimum absolute atomic E-state index is 0.969. The van der Waals surface area contributed by atoms with Crippen molar-refractivity contribution in [3.63, 3.8) is 0 Å². The van der Waals surface area contributed by atoms with Gasteiger partial charge in [0.1, 0.15) is 0 Å². The summed E-state index contributed by atoms with van der Waals surface area (Å²) < 4.78 is 0. The van der Waals surface area contributed by atoms with E-state index in [4.69, 9.17) is 4.98 Å². The average molecular weight is 359 g/mol. The Bertz CT molecular complexity index is 1130. The molecule has 0 spiro atoms. The molecule has 3 aromatic carbocycles. The summed E-state index contributed by atoms with van der Waals surface area (Å²) in [7, 11) is 0. The monoisotopic (exact) mass is 359 g/mol. The highest BCUT2D eigenvalue weighted by atomic mass is 14.7. The maximum absolute atomic E-state index is 5.05. The molecule has 1 aliphatic rings. The molecule has 0 saturated heterocycles. The quantitative estimate of drug-likeness (QED) is 0.387. The molecule has 28 heavy (non-hydrogen) atoms. The van der Waals surface area contributed by atoms with Crippen LogP contribution in [0.25, 0.3) is 34.0 Å². The van der Waals surface area contributed by atoms with Crippen LogP contribution in [0, 0.1) is 0 Å². The summed E-state index contributed by atoms with van der Waals surface area (Å²) in [6, 6.07) is 34.1. The molecule has 0 atom stereocenters. The molecule has 1 aliphatic carbocycles. The Kier molecular flexibility index (Phi) is 4.34. The van der Waals surface area contributed by atoms with Gasteiger partial charge in [0, 0.05) is 16.8 Å². The fraction of sp³-hybridized carbons (Fsp3) is 0.0741. The Hall–Kier alpha value is -3.45. The van der Waals surface area contributed by atoms with Crippen LogP contribution in [0.2, 0.25) is 0 Å². The molecule has 0 saturated carbocycles. The summed E-state index contributed by atoms with van der Waals surface area (Å²) in [4.78, 5) is 5.05. The largest absolute Gasteiger partial charge is 0.252 e. The van der Waals surface area contributed by atoms with Gasteiger partial charge in [0.15, 0.2) is 0 Å². The van der Waals surface area contributed by atoms with Crippen LogP contribution in [0.5, 0.6) is 0 Å². The molecule has 1 heteroatoms. The molecular formula is C27H21N. The average Bonchev–Trinajstić information content (AvgIpc) is 2.80. The Morgan fingerprint density at radius 3 is 1.79 bits per heavy atom. The van der Waals surface area contributed by atoms with E-state index in [0.717, 1.165) is 18.5 Å². The summed E-state index contributed by atoms with van der Waals surface area (Å²) in [6.07, 6.45) is 4.34. The first-order chi connectivity index (χ1) is 13.9. The molecule has 0 bridgehead atoms. The van der Waals surface area contributed by atoms with Gasteiger partial charge in [0.05, 0.1) is 5.69 Å². The van der Waals surface area contributed by atoms with E-state index in [0.29, 0.717) is 0 Å². The Morgan fingerprint density at radius 1 is 0.571 bits per heavy atom. The first kappa shape index (κ1) is 16.7. The number of pyridine rings is 1. The van der Waals surface area contributed by atoms with Gasteiger partial charge in [0.2, 0.25) is 0 Å². The first-order valence-electron chi connectivity index (χ1n) is 9.79. The Morgan fingerprint density at radius 2 is 1.14 bits per heavy atom. The van der Waals surface area contributed by atoms with Crippen LogP contribution in [0.1, 0.15) is 23.2 Å². The highest BCUT2D eigenvalue weighted by Crippen LogP contribution is 2.37. The lowest BCUT2D eigenvalue weighted by Crippen LogP contribution is -2.05. The zero-order valence-electron chi connectivity index (χ0n) is 15.7. The van der Waals surface area contributed by atoms with Crippen LogP contribution >= 0.6 is 0 Å². The third-order valence-electron chi connectivity index (χ3n) is 5.39. The van der Waals surface area contributed by atoms with Gasteiger partial charge in [-0.2, -0.15) is 0 Å². The molecule has 134 valence electrons. The molecule has 0 N–H and O–H groups in total. The molecule has 1 nitrogen and oxygen atoms in total. The summed E-state index contributed by atoms with van der Waals surface area (Å²) in [5.74, 6) is 0. The zero-order chi connectivity index (χ0) is 18.8. The topological polar surface area (TPSA) is 12.9 Å². The van der Waals surface area contributed by atoms with Crippen LogP contribution < -0.4 is 0 Å². The van der Waals surface area contributed by atoms with Crippen LogP contribution in [0.4, 0.5) is 0 Å². The van der Waals surface area contributed by atoms with E-state index in [-0.39, 0.29) is 0 Å². The zero-order valence-corrected chi connectivity index (χ0v) is 15.7. The summed E-state index contributed by atoms with van der Waals surface area (Å²) in [6.45, 7) is 0. The van der Waals surface area contributed by atoms with Crippen molar-refractivity contribution in [2.24, 2.45) is 0 Å². The number of benzene rings is 3. The molecule has 0 aliphatic heterocycles. The Balaban J connectivity index is 1.71. The molecule has 1 heterocycles. The molecule has 4 aromatic rings. The fourth-order valence-corrected chi connectivity index (χ4v) is 3.95. The van der Waals surface area contributed by atoms with Crippen molar-refractivity contribution in [1.82, 2.24) is 4.98 Å². The third kappa shape index (κ3) is 3.16. The van der Waals surface area contributed by atoms with Gasteiger partial charge in [0.25, 0.3) is 0 Å². The van der Waals surface area contributed by atoms with Crippen LogP contribution in [-0.4, -0.2) is 4.98 Å². The van der Waals surface area contributed by atoms with Gasteiger partial charge >= 0.3 is 0 Å². The second kappa shape index (κ2) is 7.28. The van der Waals surface area contributed by atoms with Crippen LogP contribution in [-0.2, 0) is 6.42 Å². The van der Waals surface area contributed by atoms with Gasteiger partial charge in [-0.05, 0) is 47.2 Å². The lowest BCUT2D eigenvalue weighted by atomic mass is 9.86. The van der Waals surface area contributed by atoms with E-state index in [1.807, 2.05) is 0 Å². The van der Waals surface area contributed by atoms with Gasteiger partial charge in [-0.15, -0.1) is 0 Å². The summed E-state index contributed by atoms with van der Waals surface area (Å²) in [5.41, 5.74) is 9.87. The van der Waals surface area contributed by atoms with Crippen molar-refractivity contribution in [3.05, 3.63) is 114 Å². The molecular weight excluding hydrogens is 338 g/mol. The maximum atomic E-state index is 5.05. The van der Waals surface area contributed by atoms with E-state index in [9.17, 15) is 0 Å². The minimum atomic E-state index is 0.969. The van der Waals surface area contributed by atoms with Crippen molar-refractivity contribution >= 4 is 11.6 Å². The van der Waals surface area contributed by atoms with E-state index in [2.05, 4.69) is 103 Å². The van der Waals surface area contributed by atoms with E-state index in [1.54, 1.807) is 0 Å². The number of nitrogens with zero attached hydrogens (tertiary/aromatic N) is 1. The molecule has 0 unspecified atom stereocenters. The van der Waals surface area contributed by atoms with Crippen molar-refractivity contribution in [2.45, 2.75) is 12.8 Å². The minimum Gasteiger partial charge on any atom is -0.252 e. The van der Waals surface area contributed by atoms with E-state index >= 15 is 0 Å². The number of fused-ring (bicyclic) bond motifs is 1. The van der Waals surface area contributed by atoms with Crippen molar-refractivity contribution < 1.29 is 0 Å². The summed E-state index contributed by atoms with van der Waals surface area (Å²) >= 11 is 0. The predicted molar refractivity (Wildman–Crippen MR) is 118 cm³/mol. The SMILES string of the molecule is C1=C(c2ccccc2)CCc2nc(-c3ccccc3)cc(-c3ccccc3)c21. The van der Waals surface area contributed by atoms with Crippen LogP contribution in [0.15, 0.2) is 97.1 Å². The second-order valence-corrected chi connectivity index (χ2v) is 7.18. The van der Waals surface area contributed by atoms with Crippen molar-refractivity contribution in [2.75, 3.05) is 0 Å². The molecule has 1 aromatic heterocycles. The second-order valence-electron chi connectivity index (χ2n) is 7.18. The lowest BCUT2D eigenvalue weighted by Gasteiger charge is -2.21. The third-order valence-corrected chi connectivity index (χ3v) is 5.39. The molecule has 0 fully saturated rings. The Labute approximate surface area is 166 Å². The highest BCUT2D eigenvalue weighted by molar-refractivity contribution is 5.90. The van der Waals surface area contributed by atoms with Crippen molar-refractivity contribution in [1.29, 1.82) is 0 Å².